The molecule has 22 heteroatoms. The predicted molar refractivity (Wildman–Crippen MR) is 165 cm³/mol. The van der Waals surface area contributed by atoms with Crippen LogP contribution in [-0.4, -0.2) is 96.3 Å². The molecule has 4 aromatic rings. The number of hydrogen-bond donors (Lipinski definition) is 7. The molecule has 4 heterocycles. The summed E-state index contributed by atoms with van der Waals surface area (Å²) in [6.45, 7) is -0.692. The fourth-order valence-electron chi connectivity index (χ4n) is 4.85. The number of tetrazole rings is 1. The van der Waals surface area contributed by atoms with Crippen LogP contribution in [0, 0.1) is 5.82 Å². The van der Waals surface area contributed by atoms with E-state index in [0.717, 1.165) is 28.4 Å². The smallest absolute Gasteiger partial charge is 1.00 e. The quantitative estimate of drug-likeness (QED) is 0.0301. The number of oxime groups is 1. The molecule has 2 amide bonds. The summed E-state index contributed by atoms with van der Waals surface area (Å²) in [5.41, 5.74) is 5.41. The number of benzene rings is 2. The molecule has 2 atom stereocenters. The first-order chi connectivity index (χ1) is 22.9. The van der Waals surface area contributed by atoms with E-state index in [-0.39, 0.29) is 76.9 Å². The van der Waals surface area contributed by atoms with Crippen LogP contribution in [0.1, 0.15) is 12.7 Å². The van der Waals surface area contributed by atoms with Crippen molar-refractivity contribution in [2.24, 2.45) is 5.16 Å². The number of aliphatic carboxylic acids is 1. The maximum atomic E-state index is 14.3. The molecule has 18 nitrogen and oxygen atoms in total. The molecule has 8 N–H and O–H groups in total. The third-order valence-corrected chi connectivity index (χ3v) is 9.19. The van der Waals surface area contributed by atoms with Gasteiger partial charge in [0.05, 0.1) is 6.54 Å². The van der Waals surface area contributed by atoms with E-state index in [1.807, 2.05) is 0 Å². The summed E-state index contributed by atoms with van der Waals surface area (Å²) >= 11 is 2.17. The summed E-state index contributed by atoms with van der Waals surface area (Å²) in [6.07, 6.45) is 0. The second-order valence-corrected chi connectivity index (χ2v) is 12.2. The van der Waals surface area contributed by atoms with E-state index < -0.39 is 64.6 Å². The van der Waals surface area contributed by atoms with Gasteiger partial charge in [-0.15, -0.1) is 28.2 Å². The zero-order valence-electron chi connectivity index (χ0n) is 26.0. The number of thioether (sulfide) groups is 1. The van der Waals surface area contributed by atoms with Crippen LogP contribution >= 0.6 is 23.1 Å². The summed E-state index contributed by atoms with van der Waals surface area (Å²) in [5, 5.41) is 67.1. The zero-order valence-corrected chi connectivity index (χ0v) is 28.6. The third kappa shape index (κ3) is 6.83. The molecule has 2 aromatic carbocycles. The Morgan fingerprint density at radius 2 is 1.92 bits per heavy atom. The molecule has 0 spiro atoms. The molecule has 250 valence electrons. The van der Waals surface area contributed by atoms with Crippen LogP contribution in [0.4, 0.5) is 9.52 Å². The summed E-state index contributed by atoms with van der Waals surface area (Å²) in [7, 11) is 0. The van der Waals surface area contributed by atoms with Crippen molar-refractivity contribution in [3.63, 3.8) is 0 Å². The average Bonchev–Trinajstić information content (AvgIpc) is 3.71. The monoisotopic (exact) mass is 723 g/mol. The van der Waals surface area contributed by atoms with E-state index in [9.17, 15) is 44.3 Å². The number of halogens is 1. The first-order valence-corrected chi connectivity index (χ1v) is 15.5. The number of rotatable bonds is 10. The number of aromatic nitrogens is 5. The van der Waals surface area contributed by atoms with Crippen LogP contribution < -0.4 is 40.6 Å². The van der Waals surface area contributed by atoms with Crippen LogP contribution in [0.3, 0.4) is 0 Å². The van der Waals surface area contributed by atoms with Crippen LogP contribution in [0.25, 0.3) is 11.4 Å². The van der Waals surface area contributed by atoms with Crippen LogP contribution in [0.5, 0.6) is 23.0 Å². The van der Waals surface area contributed by atoms with Crippen molar-refractivity contribution < 1.29 is 80.1 Å². The molecule has 2 aromatic heterocycles. The fourth-order valence-corrected chi connectivity index (χ4v) is 6.73. The first kappa shape index (κ1) is 35.3. The summed E-state index contributed by atoms with van der Waals surface area (Å²) in [5.74, 6) is -6.35. The van der Waals surface area contributed by atoms with Gasteiger partial charge in [0.15, 0.2) is 45.5 Å². The Kier molecular flexibility index (Phi) is 10.3. The normalized spacial score (nSPS) is 17.2. The number of phenols is 4. The van der Waals surface area contributed by atoms with Gasteiger partial charge in [-0.25, -0.2) is 18.9 Å². The first-order valence-electron chi connectivity index (χ1n) is 13.5. The second-order valence-electron chi connectivity index (χ2n) is 10.2. The molecule has 0 bridgehead atoms. The van der Waals surface area contributed by atoms with Crippen molar-refractivity contribution in [1.29, 1.82) is 0 Å². The number of nitrogens with two attached hydrogens (primary N) is 1. The van der Waals surface area contributed by atoms with Crippen molar-refractivity contribution >= 4 is 51.7 Å². The molecule has 6 rings (SSSR count). The Hall–Kier alpha value is -4.96. The molecule has 49 heavy (non-hydrogen) atoms. The van der Waals surface area contributed by atoms with E-state index in [1.54, 1.807) is 0 Å². The minimum absolute atomic E-state index is 0. The number of β-lactam (4-membered cyclic amide) rings is 1. The number of carboxylic acids is 1. The van der Waals surface area contributed by atoms with Gasteiger partial charge in [-0.3, -0.25) is 14.5 Å². The van der Waals surface area contributed by atoms with Crippen molar-refractivity contribution in [2.75, 3.05) is 11.5 Å². The van der Waals surface area contributed by atoms with E-state index in [0.29, 0.717) is 11.1 Å². The van der Waals surface area contributed by atoms with Gasteiger partial charge in [-0.2, -0.15) is 0 Å². The number of carbonyl (C=O) groups excluding carboxylic acids is 2. The minimum atomic E-state index is -1.40. The number of thiazole rings is 1. The molecule has 0 radical (unpaired) electrons. The minimum Gasteiger partial charge on any atom is -1.00 e. The second kappa shape index (κ2) is 14.3. The number of carboxylic acid groups (broad SMARTS) is 1. The molecule has 0 unspecified atom stereocenters. The van der Waals surface area contributed by atoms with Crippen LogP contribution in [0.15, 0.2) is 52.1 Å². The average molecular weight is 724 g/mol. The fraction of sp³-hybridized carbons (Fsp3) is 0.185. The van der Waals surface area contributed by atoms with Gasteiger partial charge >= 0.3 is 35.5 Å². The van der Waals surface area contributed by atoms with Gasteiger partial charge < -0.3 is 42.8 Å². The Morgan fingerprint density at radius 1 is 1.16 bits per heavy atom. The van der Waals surface area contributed by atoms with Crippen LogP contribution in [0.2, 0.25) is 0 Å². The number of nitrogens with zero attached hydrogens (tertiary/aromatic N) is 7. The number of phenolic OH excluding ortho intramolecular Hbond substituents is 4. The van der Waals surface area contributed by atoms with Crippen LogP contribution in [-0.2, 0) is 32.4 Å². The Labute approximate surface area is 305 Å². The number of nitrogen functional groups attached to an aromatic ring is 1. The van der Waals surface area contributed by atoms with Crippen molar-refractivity contribution in [3.8, 4) is 34.4 Å². The molecule has 0 aliphatic carbocycles. The Balaban J connectivity index is 0.00000281. The van der Waals surface area contributed by atoms with Gasteiger partial charge in [0.1, 0.15) is 29.4 Å². The Bertz CT molecular complexity index is 2050. The summed E-state index contributed by atoms with van der Waals surface area (Å²) < 4.78 is 15.6. The number of fused-ring (bicyclic) bond motifs is 1. The number of anilines is 1. The number of amides is 2. The number of carbonyl (C=O) groups is 3. The van der Waals surface area contributed by atoms with Gasteiger partial charge in [0.2, 0.25) is 0 Å². The van der Waals surface area contributed by atoms with Crippen molar-refractivity contribution in [2.45, 2.75) is 24.6 Å². The molecular formula is C27H23FN9NaO9S2. The maximum Gasteiger partial charge on any atom is 1.00 e. The van der Waals surface area contributed by atoms with Crippen molar-refractivity contribution in [3.05, 3.63) is 64.1 Å². The van der Waals surface area contributed by atoms with Gasteiger partial charge in [0, 0.05) is 22.3 Å². The van der Waals surface area contributed by atoms with E-state index in [1.165, 1.54) is 40.0 Å². The van der Waals surface area contributed by atoms with E-state index >= 15 is 0 Å². The molecule has 2 aliphatic rings. The number of nitrogens with one attached hydrogen (secondary N) is 1. The Morgan fingerprint density at radius 3 is 2.61 bits per heavy atom. The number of hydrogen-bond acceptors (Lipinski definition) is 16. The zero-order chi connectivity index (χ0) is 34.3. The SMILES string of the molecule is Nc1nc(/C(=N/OCc2ccc(O)c(O)c2F)C(=O)N[C@@H]2C(=O)N3C(C(=O)O)=C(Cn4nnnc4-c4ccc(O)c(O)c4)CS[C@H]23)cs1.[H-].[Na+]. The maximum absolute atomic E-state index is 14.3. The molecular weight excluding hydrogens is 700 g/mol. The van der Waals surface area contributed by atoms with Gasteiger partial charge in [-0.05, 0) is 46.3 Å². The topological polar surface area (TPSA) is 272 Å². The largest absolute Gasteiger partial charge is 1.00 e. The number of aromatic hydroxyl groups is 4. The molecule has 2 aliphatic heterocycles. The van der Waals surface area contributed by atoms with E-state index in [2.05, 4.69) is 31.0 Å². The predicted octanol–water partition coefficient (Wildman–Crippen LogP) is -2.18. The standard InChI is InChI=1S/C27H22FN9O9S2.Na.H/c28-17-11(2-4-15(39)21(17)41)7-46-33-18(13-9-48-27(29)30-13)23(42)31-19-24(43)37-20(26(44)45)12(8-47-25(19)37)6-36-22(32-34-35-36)10-1-3-14(38)16(40)5-10;;/h1-5,9,19,25,38-41H,6-8H2,(H2,29,30)(H,31,42)(H,44,45);;/q;+1;-1/b33-18-;;/t19-,25-;;/m1../s1. The summed E-state index contributed by atoms with van der Waals surface area (Å²) in [6, 6.07) is 4.95. The van der Waals surface area contributed by atoms with Crippen molar-refractivity contribution in [1.82, 2.24) is 35.4 Å². The third-order valence-electron chi connectivity index (χ3n) is 7.17. The molecule has 1 fully saturated rings. The van der Waals surface area contributed by atoms with Gasteiger partial charge in [0.25, 0.3) is 11.8 Å². The summed E-state index contributed by atoms with van der Waals surface area (Å²) in [4.78, 5) is 49.3. The molecule has 1 saturated heterocycles. The molecule has 0 saturated carbocycles. The van der Waals surface area contributed by atoms with E-state index in [4.69, 9.17) is 10.6 Å². The van der Waals surface area contributed by atoms with Gasteiger partial charge in [-0.1, -0.05) is 5.16 Å².